The van der Waals surface area contributed by atoms with E-state index in [1.165, 1.54) is 42.6 Å². The quantitative estimate of drug-likeness (QED) is 0.186. The molecule has 5 rings (SSSR count). The molecule has 1 saturated heterocycles. The van der Waals surface area contributed by atoms with Crippen molar-refractivity contribution in [2.75, 3.05) is 0 Å². The van der Waals surface area contributed by atoms with Crippen LogP contribution in [0, 0.1) is 43.9 Å². The number of hydrogen-bond acceptors (Lipinski definition) is 8. The largest absolute Gasteiger partial charge is 0.481 e. The highest BCUT2D eigenvalue weighted by Gasteiger charge is 2.59. The molecule has 1 heterocycles. The lowest BCUT2D eigenvalue weighted by molar-refractivity contribution is -0.386. The van der Waals surface area contributed by atoms with Crippen LogP contribution in [0.1, 0.15) is 17.5 Å². The van der Waals surface area contributed by atoms with Gasteiger partial charge in [0, 0.05) is 23.8 Å². The highest BCUT2D eigenvalue weighted by Crippen LogP contribution is 2.52. The molecule has 1 aliphatic heterocycles. The van der Waals surface area contributed by atoms with Crippen molar-refractivity contribution in [3.63, 3.8) is 0 Å². The molecule has 2 fully saturated rings. The van der Waals surface area contributed by atoms with Crippen molar-refractivity contribution in [3.8, 4) is 5.75 Å². The van der Waals surface area contributed by atoms with Crippen molar-refractivity contribution in [1.82, 2.24) is 5.01 Å². The fourth-order valence-electron chi connectivity index (χ4n) is 4.95. The molecular formula is C23H17ClN4O7. The van der Waals surface area contributed by atoms with Gasteiger partial charge in [-0.2, -0.15) is 10.1 Å². The summed E-state index contributed by atoms with van der Waals surface area (Å²) >= 11 is 6.25. The van der Waals surface area contributed by atoms with E-state index < -0.39 is 27.4 Å². The van der Waals surface area contributed by atoms with Gasteiger partial charge in [0.05, 0.1) is 32.9 Å². The first kappa shape index (κ1) is 22.7. The smallest absolute Gasteiger partial charge is 0.313 e. The highest BCUT2D eigenvalue weighted by molar-refractivity contribution is 6.32. The molecule has 2 aromatic carbocycles. The molecule has 2 amide bonds. The predicted octanol–water partition coefficient (Wildman–Crippen LogP) is 3.88. The van der Waals surface area contributed by atoms with Crippen LogP contribution < -0.4 is 4.74 Å². The number of amides is 2. The van der Waals surface area contributed by atoms with Crippen LogP contribution in [0.25, 0.3) is 0 Å². The van der Waals surface area contributed by atoms with E-state index in [0.717, 1.165) is 11.4 Å². The van der Waals surface area contributed by atoms with E-state index in [9.17, 15) is 29.8 Å². The second-order valence-corrected chi connectivity index (χ2v) is 8.96. The Labute approximate surface area is 202 Å². The predicted molar refractivity (Wildman–Crippen MR) is 123 cm³/mol. The summed E-state index contributed by atoms with van der Waals surface area (Å²) in [6.45, 7) is -0.109. The standard InChI is InChI=1S/C23H17ClN4O7/c24-17-7-13(10-25-26-22(29)19-14-3-4-15(9-14)20(19)23(26)30)8-18(28(33)34)21(17)35-11-12-1-5-16(6-2-12)27(31)32/h1-8,10,14-15,19-20H,9,11H2. The molecule has 11 nitrogen and oxygen atoms in total. The average molecular weight is 497 g/mol. The first-order valence-electron chi connectivity index (χ1n) is 10.7. The molecule has 0 spiro atoms. The molecular weight excluding hydrogens is 480 g/mol. The Kier molecular flexibility index (Phi) is 5.56. The number of allylic oxidation sites excluding steroid dienone is 2. The normalized spacial score (nSPS) is 24.4. The van der Waals surface area contributed by atoms with Crippen LogP contribution in [0.5, 0.6) is 5.75 Å². The fraction of sp³-hybridized carbons (Fsp3) is 0.261. The van der Waals surface area contributed by atoms with Gasteiger partial charge in [0.15, 0.2) is 0 Å². The maximum absolute atomic E-state index is 12.7. The summed E-state index contributed by atoms with van der Waals surface area (Å²) in [4.78, 5) is 46.7. The number of hydrazone groups is 1. The summed E-state index contributed by atoms with van der Waals surface area (Å²) < 4.78 is 5.55. The maximum atomic E-state index is 12.7. The van der Waals surface area contributed by atoms with Gasteiger partial charge in [0.1, 0.15) is 6.61 Å². The molecule has 35 heavy (non-hydrogen) atoms. The van der Waals surface area contributed by atoms with E-state index in [4.69, 9.17) is 16.3 Å². The van der Waals surface area contributed by atoms with Crippen LogP contribution in [-0.2, 0) is 16.2 Å². The summed E-state index contributed by atoms with van der Waals surface area (Å²) in [6.07, 6.45) is 5.93. The number of carbonyl (C=O) groups excluding carboxylic acids is 2. The zero-order valence-electron chi connectivity index (χ0n) is 17.9. The molecule has 2 aliphatic carbocycles. The number of benzene rings is 2. The minimum atomic E-state index is -0.672. The zero-order valence-corrected chi connectivity index (χ0v) is 18.7. The molecule has 4 atom stereocenters. The van der Waals surface area contributed by atoms with Crippen molar-refractivity contribution in [3.05, 3.63) is 84.9 Å². The van der Waals surface area contributed by atoms with E-state index in [-0.39, 0.29) is 52.3 Å². The van der Waals surface area contributed by atoms with E-state index in [1.807, 2.05) is 12.2 Å². The Morgan fingerprint density at radius 2 is 1.66 bits per heavy atom. The molecule has 4 unspecified atom stereocenters. The summed E-state index contributed by atoms with van der Waals surface area (Å²) in [6, 6.07) is 8.09. The number of imide groups is 1. The SMILES string of the molecule is O=C1C2C3C=CC(C3)C2C(=O)N1N=Cc1cc(Cl)c(OCc2ccc([N+](=O)[O-])cc2)c([N+](=O)[O-])c1. The monoisotopic (exact) mass is 496 g/mol. The van der Waals surface area contributed by atoms with Gasteiger partial charge in [-0.25, -0.2) is 0 Å². The summed E-state index contributed by atoms with van der Waals surface area (Å²) in [5, 5.41) is 27.2. The van der Waals surface area contributed by atoms with Gasteiger partial charge in [0.2, 0.25) is 5.75 Å². The Morgan fingerprint density at radius 3 is 2.23 bits per heavy atom. The number of non-ortho nitro benzene ring substituents is 1. The van der Waals surface area contributed by atoms with Crippen molar-refractivity contribution in [1.29, 1.82) is 0 Å². The molecule has 178 valence electrons. The molecule has 3 aliphatic rings. The Bertz CT molecular complexity index is 1290. The number of ether oxygens (including phenoxy) is 1. The third-order valence-electron chi connectivity index (χ3n) is 6.54. The van der Waals surface area contributed by atoms with Gasteiger partial charge in [-0.15, -0.1) is 0 Å². The molecule has 0 aromatic heterocycles. The number of nitro benzene ring substituents is 2. The van der Waals surface area contributed by atoms with Crippen LogP contribution in [0.15, 0.2) is 53.7 Å². The Morgan fingerprint density at radius 1 is 1.03 bits per heavy atom. The molecule has 0 N–H and O–H groups in total. The summed E-state index contributed by atoms with van der Waals surface area (Å²) in [5.41, 5.74) is 0.234. The van der Waals surface area contributed by atoms with Crippen LogP contribution >= 0.6 is 11.6 Å². The number of fused-ring (bicyclic) bond motifs is 5. The van der Waals surface area contributed by atoms with Gasteiger partial charge in [-0.05, 0) is 42.0 Å². The number of rotatable bonds is 7. The molecule has 2 bridgehead atoms. The first-order chi connectivity index (χ1) is 16.7. The van der Waals surface area contributed by atoms with Crippen molar-refractivity contribution < 1.29 is 24.2 Å². The van der Waals surface area contributed by atoms with Gasteiger partial charge in [-0.1, -0.05) is 23.8 Å². The summed E-state index contributed by atoms with van der Waals surface area (Å²) in [5.74, 6) is -1.62. The van der Waals surface area contributed by atoms with Crippen LogP contribution in [0.3, 0.4) is 0 Å². The van der Waals surface area contributed by atoms with Crippen LogP contribution in [0.4, 0.5) is 11.4 Å². The first-order valence-corrected chi connectivity index (χ1v) is 11.1. The van der Waals surface area contributed by atoms with Gasteiger partial charge in [0.25, 0.3) is 17.5 Å². The summed E-state index contributed by atoms with van der Waals surface area (Å²) in [7, 11) is 0. The molecule has 2 aromatic rings. The maximum Gasteiger partial charge on any atom is 0.313 e. The average Bonchev–Trinajstić information content (AvgIpc) is 3.51. The van der Waals surface area contributed by atoms with E-state index in [2.05, 4.69) is 5.10 Å². The topological polar surface area (TPSA) is 145 Å². The van der Waals surface area contributed by atoms with E-state index in [0.29, 0.717) is 5.56 Å². The lowest BCUT2D eigenvalue weighted by atomic mass is 9.85. The molecule has 1 saturated carbocycles. The third-order valence-corrected chi connectivity index (χ3v) is 6.82. The van der Waals surface area contributed by atoms with Crippen molar-refractivity contribution >= 4 is 41.0 Å². The van der Waals surface area contributed by atoms with Crippen molar-refractivity contribution in [2.45, 2.75) is 13.0 Å². The minimum Gasteiger partial charge on any atom is -0.481 e. The van der Waals surface area contributed by atoms with Crippen molar-refractivity contribution in [2.24, 2.45) is 28.8 Å². The second kappa shape index (κ2) is 8.58. The molecule has 12 heteroatoms. The number of halogens is 1. The molecule has 0 radical (unpaired) electrons. The third kappa shape index (κ3) is 3.93. The van der Waals surface area contributed by atoms with E-state index >= 15 is 0 Å². The fourth-order valence-corrected chi connectivity index (χ4v) is 5.22. The van der Waals surface area contributed by atoms with Gasteiger partial charge < -0.3 is 4.74 Å². The lowest BCUT2D eigenvalue weighted by Crippen LogP contribution is -2.28. The second-order valence-electron chi connectivity index (χ2n) is 8.55. The number of nitrogens with zero attached hydrogens (tertiary/aromatic N) is 4. The zero-order chi connectivity index (χ0) is 24.9. The van der Waals surface area contributed by atoms with Gasteiger partial charge in [-0.3, -0.25) is 29.8 Å². The number of nitro groups is 2. The van der Waals surface area contributed by atoms with E-state index in [1.54, 1.807) is 0 Å². The lowest BCUT2D eigenvalue weighted by Gasteiger charge is -2.13. The number of carbonyl (C=O) groups is 2. The minimum absolute atomic E-state index is 0.0457. The van der Waals surface area contributed by atoms with Crippen LogP contribution in [0.2, 0.25) is 5.02 Å². The van der Waals surface area contributed by atoms with Crippen LogP contribution in [-0.4, -0.2) is 32.9 Å². The Hall–Kier alpha value is -4.12. The van der Waals surface area contributed by atoms with Gasteiger partial charge >= 0.3 is 5.69 Å². The Balaban J connectivity index is 1.34. The number of hydrogen-bond donors (Lipinski definition) is 0. The highest BCUT2D eigenvalue weighted by atomic mass is 35.5.